The molecule has 0 saturated carbocycles. The van der Waals surface area contributed by atoms with E-state index in [9.17, 15) is 9.59 Å². The maximum absolute atomic E-state index is 12.7. The predicted octanol–water partition coefficient (Wildman–Crippen LogP) is 5.72. The highest BCUT2D eigenvalue weighted by molar-refractivity contribution is 5.81. The lowest BCUT2D eigenvalue weighted by atomic mass is 9.93. The fraction of sp³-hybridized carbons (Fsp3) is 0.533. The van der Waals surface area contributed by atoms with Gasteiger partial charge >= 0.3 is 12.1 Å². The molecule has 0 unspecified atom stereocenters. The Bertz CT molecular complexity index is 985. The molecule has 1 N–H and O–H groups in total. The molecule has 2 rings (SSSR count). The number of nitrogens with one attached hydrogen (secondary N) is 1. The molecule has 0 spiro atoms. The van der Waals surface area contributed by atoms with Crippen LogP contribution in [0.15, 0.2) is 48.5 Å². The van der Waals surface area contributed by atoms with E-state index in [0.717, 1.165) is 29.7 Å². The van der Waals surface area contributed by atoms with Crippen molar-refractivity contribution in [2.24, 2.45) is 5.92 Å². The van der Waals surface area contributed by atoms with Crippen LogP contribution in [-0.4, -0.2) is 50.1 Å². The number of hydrogen-bond donors (Lipinski definition) is 1. The molecule has 204 valence electrons. The zero-order valence-electron chi connectivity index (χ0n) is 23.3. The number of rotatable bonds is 13. The molecule has 0 saturated heterocycles. The summed E-state index contributed by atoms with van der Waals surface area (Å²) >= 11 is 0. The van der Waals surface area contributed by atoms with Crippen molar-refractivity contribution in [3.05, 3.63) is 65.2 Å². The Balaban J connectivity index is 2.11. The van der Waals surface area contributed by atoms with Gasteiger partial charge in [0.1, 0.15) is 23.5 Å². The van der Waals surface area contributed by atoms with Gasteiger partial charge in [-0.25, -0.2) is 9.59 Å². The third-order valence-electron chi connectivity index (χ3n) is 5.81. The molecule has 0 aromatic heterocycles. The van der Waals surface area contributed by atoms with Crippen molar-refractivity contribution in [3.63, 3.8) is 0 Å². The van der Waals surface area contributed by atoms with Gasteiger partial charge in [0.15, 0.2) is 0 Å². The predicted molar refractivity (Wildman–Crippen MR) is 145 cm³/mol. The summed E-state index contributed by atoms with van der Waals surface area (Å²) in [5.41, 5.74) is 2.76. The van der Waals surface area contributed by atoms with Crippen LogP contribution in [-0.2, 0) is 31.8 Å². The SMILES string of the molecule is CCCOC[C@@H](Cc1ccc(OC)c(Cc2ccccc2)c1)[C@H](C)OC(=O)[C@H](C)NC(=O)OC(C)(C)C. The van der Waals surface area contributed by atoms with Crippen LogP contribution in [0.3, 0.4) is 0 Å². The topological polar surface area (TPSA) is 83.1 Å². The van der Waals surface area contributed by atoms with Crippen LogP contribution in [0.2, 0.25) is 0 Å². The van der Waals surface area contributed by atoms with Gasteiger partial charge in [-0.2, -0.15) is 0 Å². The second-order valence-corrected chi connectivity index (χ2v) is 10.4. The van der Waals surface area contributed by atoms with Gasteiger partial charge in [0.25, 0.3) is 0 Å². The summed E-state index contributed by atoms with van der Waals surface area (Å²) in [6.45, 7) is 11.9. The third-order valence-corrected chi connectivity index (χ3v) is 5.81. The lowest BCUT2D eigenvalue weighted by molar-refractivity contribution is -0.154. The summed E-state index contributed by atoms with van der Waals surface area (Å²) < 4.78 is 22.5. The lowest BCUT2D eigenvalue weighted by Gasteiger charge is -2.26. The molecule has 7 nitrogen and oxygen atoms in total. The van der Waals surface area contributed by atoms with Crippen molar-refractivity contribution in [2.75, 3.05) is 20.3 Å². The van der Waals surface area contributed by atoms with Crippen molar-refractivity contribution in [2.45, 2.75) is 78.6 Å². The Morgan fingerprint density at radius 2 is 1.70 bits per heavy atom. The van der Waals surface area contributed by atoms with Gasteiger partial charge in [-0.3, -0.25) is 0 Å². The maximum Gasteiger partial charge on any atom is 0.408 e. The average Bonchev–Trinajstić information content (AvgIpc) is 2.83. The second kappa shape index (κ2) is 14.6. The fourth-order valence-electron chi connectivity index (χ4n) is 3.88. The Morgan fingerprint density at radius 1 is 1.00 bits per heavy atom. The van der Waals surface area contributed by atoms with Crippen molar-refractivity contribution >= 4 is 12.1 Å². The van der Waals surface area contributed by atoms with Crippen LogP contribution in [0, 0.1) is 5.92 Å². The van der Waals surface area contributed by atoms with E-state index in [0.29, 0.717) is 19.6 Å². The first-order valence-electron chi connectivity index (χ1n) is 13.0. The molecular weight excluding hydrogens is 470 g/mol. The van der Waals surface area contributed by atoms with E-state index < -0.39 is 29.8 Å². The number of esters is 1. The monoisotopic (exact) mass is 513 g/mol. The molecule has 0 fully saturated rings. The molecule has 0 aliphatic heterocycles. The summed E-state index contributed by atoms with van der Waals surface area (Å²) in [4.78, 5) is 24.8. The van der Waals surface area contributed by atoms with Crippen molar-refractivity contribution in [3.8, 4) is 5.75 Å². The summed E-state index contributed by atoms with van der Waals surface area (Å²) in [5, 5.41) is 2.54. The Hall–Kier alpha value is -3.06. The van der Waals surface area contributed by atoms with Gasteiger partial charge in [-0.15, -0.1) is 0 Å². The Kier molecular flexibility index (Phi) is 11.9. The van der Waals surface area contributed by atoms with Gasteiger partial charge in [-0.05, 0) is 70.2 Å². The highest BCUT2D eigenvalue weighted by Gasteiger charge is 2.27. The molecule has 0 bridgehead atoms. The Morgan fingerprint density at radius 3 is 2.32 bits per heavy atom. The molecule has 7 heteroatoms. The van der Waals surface area contributed by atoms with Crippen molar-refractivity contribution in [1.29, 1.82) is 0 Å². The first kappa shape index (κ1) is 30.2. The van der Waals surface area contributed by atoms with E-state index in [-0.39, 0.29) is 5.92 Å². The van der Waals surface area contributed by atoms with Crippen molar-refractivity contribution in [1.82, 2.24) is 5.32 Å². The molecule has 1 amide bonds. The van der Waals surface area contributed by atoms with Crippen molar-refractivity contribution < 1.29 is 28.5 Å². The molecule has 0 radical (unpaired) electrons. The minimum absolute atomic E-state index is 0.0674. The first-order chi connectivity index (χ1) is 17.5. The normalized spacial score (nSPS) is 13.8. The summed E-state index contributed by atoms with van der Waals surface area (Å²) in [6, 6.07) is 15.6. The molecule has 2 aromatic rings. The standard InChI is InChI=1S/C30H43NO6/c1-8-16-35-20-26(22(3)36-28(32)21(2)31-29(33)37-30(4,5)6)19-24-14-15-27(34-7)25(18-24)17-23-12-10-9-11-13-23/h9-15,18,21-22,26H,8,16-17,19-20H2,1-7H3,(H,31,33)/t21-,22-,26+/m0/s1. The van der Waals surface area contributed by atoms with Crippen LogP contribution >= 0.6 is 0 Å². The minimum Gasteiger partial charge on any atom is -0.496 e. The van der Waals surface area contributed by atoms with Gasteiger partial charge in [-0.1, -0.05) is 49.4 Å². The smallest absolute Gasteiger partial charge is 0.408 e. The number of ether oxygens (including phenoxy) is 4. The van der Waals surface area contributed by atoms with Gasteiger partial charge in [0.05, 0.1) is 13.7 Å². The number of carbonyl (C=O) groups is 2. The van der Waals surface area contributed by atoms with Gasteiger partial charge in [0.2, 0.25) is 0 Å². The van der Waals surface area contributed by atoms with Crippen LogP contribution in [0.25, 0.3) is 0 Å². The highest BCUT2D eigenvalue weighted by atomic mass is 16.6. The van der Waals surface area contributed by atoms with Crippen LogP contribution < -0.4 is 10.1 Å². The van der Waals surface area contributed by atoms with Crippen LogP contribution in [0.5, 0.6) is 5.75 Å². The zero-order chi connectivity index (χ0) is 27.4. The van der Waals surface area contributed by atoms with Gasteiger partial charge in [0, 0.05) is 18.9 Å². The molecular formula is C30H43NO6. The second-order valence-electron chi connectivity index (χ2n) is 10.4. The number of benzene rings is 2. The maximum atomic E-state index is 12.7. The van der Waals surface area contributed by atoms with E-state index in [1.807, 2.05) is 37.3 Å². The number of alkyl carbamates (subject to hydrolysis) is 1. The number of carbonyl (C=O) groups excluding carboxylic acids is 2. The van der Waals surface area contributed by atoms with E-state index in [1.54, 1.807) is 34.8 Å². The van der Waals surface area contributed by atoms with Crippen LogP contribution in [0.4, 0.5) is 4.79 Å². The highest BCUT2D eigenvalue weighted by Crippen LogP contribution is 2.26. The molecule has 2 aromatic carbocycles. The van der Waals surface area contributed by atoms with E-state index in [2.05, 4.69) is 30.4 Å². The molecule has 0 aliphatic rings. The number of methoxy groups -OCH3 is 1. The third kappa shape index (κ3) is 10.8. The van der Waals surface area contributed by atoms with Crippen LogP contribution in [0.1, 0.15) is 64.7 Å². The van der Waals surface area contributed by atoms with E-state index >= 15 is 0 Å². The summed E-state index contributed by atoms with van der Waals surface area (Å²) in [7, 11) is 1.68. The molecule has 37 heavy (non-hydrogen) atoms. The van der Waals surface area contributed by atoms with Gasteiger partial charge < -0.3 is 24.3 Å². The summed E-state index contributed by atoms with van der Waals surface area (Å²) in [6.07, 6.45) is 1.25. The first-order valence-corrected chi connectivity index (χ1v) is 13.0. The number of amides is 1. The fourth-order valence-corrected chi connectivity index (χ4v) is 3.88. The Labute approximate surface area is 221 Å². The molecule has 3 atom stereocenters. The number of hydrogen-bond acceptors (Lipinski definition) is 6. The average molecular weight is 514 g/mol. The molecule has 0 aliphatic carbocycles. The van der Waals surface area contributed by atoms with E-state index in [1.165, 1.54) is 5.56 Å². The molecule has 0 heterocycles. The quantitative estimate of drug-likeness (QED) is 0.273. The lowest BCUT2D eigenvalue weighted by Crippen LogP contribution is -2.44. The largest absolute Gasteiger partial charge is 0.496 e. The zero-order valence-corrected chi connectivity index (χ0v) is 23.3. The summed E-state index contributed by atoms with van der Waals surface area (Å²) in [5.74, 6) is 0.258. The minimum atomic E-state index is -0.840. The van der Waals surface area contributed by atoms with E-state index in [4.69, 9.17) is 18.9 Å².